The van der Waals surface area contributed by atoms with Crippen LogP contribution in [-0.2, 0) is 0 Å². The van der Waals surface area contributed by atoms with Crippen molar-refractivity contribution < 1.29 is 4.92 Å². The summed E-state index contributed by atoms with van der Waals surface area (Å²) in [6.45, 7) is 6.18. The van der Waals surface area contributed by atoms with Crippen molar-refractivity contribution in [2.75, 3.05) is 5.32 Å². The Labute approximate surface area is 112 Å². The second-order valence-electron chi connectivity index (χ2n) is 4.62. The minimum absolute atomic E-state index is 0.0633. The Bertz CT molecular complexity index is 443. The zero-order valence-electron chi connectivity index (χ0n) is 10.7. The maximum absolute atomic E-state index is 10.5. The lowest BCUT2D eigenvalue weighted by Crippen LogP contribution is -2.44. The van der Waals surface area contributed by atoms with Crippen molar-refractivity contribution in [3.63, 3.8) is 0 Å². The van der Waals surface area contributed by atoms with E-state index in [1.165, 1.54) is 12.1 Å². The van der Waals surface area contributed by atoms with Gasteiger partial charge in [0.15, 0.2) is 5.11 Å². The number of thiocarbonyl (C=S) groups is 1. The van der Waals surface area contributed by atoms with Gasteiger partial charge < -0.3 is 10.6 Å². The maximum Gasteiger partial charge on any atom is 0.269 e. The summed E-state index contributed by atoms with van der Waals surface area (Å²) in [5, 5.41) is 17.2. The third kappa shape index (κ3) is 4.29. The van der Waals surface area contributed by atoms with Crippen LogP contribution >= 0.6 is 12.2 Å². The summed E-state index contributed by atoms with van der Waals surface area (Å²) in [6.07, 6.45) is 0.940. The molecule has 0 aliphatic carbocycles. The highest BCUT2D eigenvalue weighted by molar-refractivity contribution is 7.80. The maximum atomic E-state index is 10.5. The Morgan fingerprint density at radius 2 is 1.94 bits per heavy atom. The number of nitrogens with one attached hydrogen (secondary N) is 2. The second kappa shape index (κ2) is 5.77. The molecule has 0 heterocycles. The van der Waals surface area contributed by atoms with Crippen molar-refractivity contribution >= 4 is 28.7 Å². The number of hydrogen-bond acceptors (Lipinski definition) is 3. The van der Waals surface area contributed by atoms with Gasteiger partial charge in [0.25, 0.3) is 5.69 Å². The number of hydrogen-bond donors (Lipinski definition) is 2. The number of nitro benzene ring substituents is 1. The standard InChI is InChI=1S/C12H17N3O2S/c1-4-12(2,3)14-11(18)13-9-5-7-10(8-6-9)15(16)17/h5-8H,4H2,1-3H3,(H2,13,14,18). The molecule has 0 aliphatic rings. The van der Waals surface area contributed by atoms with E-state index < -0.39 is 4.92 Å². The van der Waals surface area contributed by atoms with E-state index in [9.17, 15) is 10.1 Å². The SMILES string of the molecule is CCC(C)(C)NC(=S)Nc1ccc([N+](=O)[O-])cc1. The number of rotatable bonds is 4. The van der Waals surface area contributed by atoms with Gasteiger partial charge in [-0.3, -0.25) is 10.1 Å². The van der Waals surface area contributed by atoms with Crippen molar-refractivity contribution in [1.29, 1.82) is 0 Å². The zero-order chi connectivity index (χ0) is 13.8. The van der Waals surface area contributed by atoms with Crippen LogP contribution in [0.3, 0.4) is 0 Å². The van der Waals surface area contributed by atoms with E-state index >= 15 is 0 Å². The average Bonchev–Trinajstić information content (AvgIpc) is 2.29. The van der Waals surface area contributed by atoms with Crippen LogP contribution in [0.5, 0.6) is 0 Å². The van der Waals surface area contributed by atoms with Crippen molar-refractivity contribution in [1.82, 2.24) is 5.32 Å². The summed E-state index contributed by atoms with van der Waals surface area (Å²) < 4.78 is 0. The molecule has 2 N–H and O–H groups in total. The predicted molar refractivity (Wildman–Crippen MR) is 76.8 cm³/mol. The van der Waals surface area contributed by atoms with Crippen molar-refractivity contribution in [2.45, 2.75) is 32.7 Å². The van der Waals surface area contributed by atoms with Crippen molar-refractivity contribution in [3.05, 3.63) is 34.4 Å². The van der Waals surface area contributed by atoms with Gasteiger partial charge in [-0.1, -0.05) is 6.92 Å². The van der Waals surface area contributed by atoms with Crippen LogP contribution in [0.15, 0.2) is 24.3 Å². The average molecular weight is 267 g/mol. The summed E-state index contributed by atoms with van der Waals surface area (Å²) in [4.78, 5) is 10.1. The lowest BCUT2D eigenvalue weighted by molar-refractivity contribution is -0.384. The lowest BCUT2D eigenvalue weighted by atomic mass is 10.0. The highest BCUT2D eigenvalue weighted by Crippen LogP contribution is 2.15. The Balaban J connectivity index is 2.63. The smallest absolute Gasteiger partial charge is 0.269 e. The molecule has 0 spiro atoms. The normalized spacial score (nSPS) is 10.8. The number of benzene rings is 1. The Morgan fingerprint density at radius 3 is 2.39 bits per heavy atom. The fourth-order valence-corrected chi connectivity index (χ4v) is 1.62. The summed E-state index contributed by atoms with van der Waals surface area (Å²) >= 11 is 5.18. The molecule has 0 atom stereocenters. The van der Waals surface area contributed by atoms with Crippen LogP contribution in [0.2, 0.25) is 0 Å². The minimum atomic E-state index is -0.430. The van der Waals surface area contributed by atoms with Crippen molar-refractivity contribution in [3.8, 4) is 0 Å². The van der Waals surface area contributed by atoms with Gasteiger partial charge in [-0.15, -0.1) is 0 Å². The molecule has 1 rings (SSSR count). The summed E-state index contributed by atoms with van der Waals surface area (Å²) in [5.41, 5.74) is 0.712. The third-order valence-electron chi connectivity index (χ3n) is 2.67. The van der Waals surface area contributed by atoms with Gasteiger partial charge in [0.1, 0.15) is 0 Å². The van der Waals surface area contributed by atoms with E-state index in [1.807, 2.05) is 0 Å². The molecule has 0 unspecified atom stereocenters. The molecular formula is C12H17N3O2S. The molecule has 1 aromatic carbocycles. The molecule has 5 nitrogen and oxygen atoms in total. The van der Waals surface area contributed by atoms with E-state index in [-0.39, 0.29) is 11.2 Å². The first-order chi connectivity index (χ1) is 8.34. The molecule has 0 bridgehead atoms. The molecule has 0 radical (unpaired) electrons. The van der Waals surface area contributed by atoms with Gasteiger partial charge in [-0.2, -0.15) is 0 Å². The fraction of sp³-hybridized carbons (Fsp3) is 0.417. The lowest BCUT2D eigenvalue weighted by Gasteiger charge is -2.26. The molecule has 0 amide bonds. The number of anilines is 1. The van der Waals surface area contributed by atoms with Gasteiger partial charge in [0.2, 0.25) is 0 Å². The highest BCUT2D eigenvalue weighted by atomic mass is 32.1. The van der Waals surface area contributed by atoms with Crippen LogP contribution in [0.1, 0.15) is 27.2 Å². The highest BCUT2D eigenvalue weighted by Gasteiger charge is 2.15. The third-order valence-corrected chi connectivity index (χ3v) is 2.88. The topological polar surface area (TPSA) is 67.2 Å². The molecule has 0 aliphatic heterocycles. The molecule has 98 valence electrons. The van der Waals surface area contributed by atoms with Crippen LogP contribution in [0, 0.1) is 10.1 Å². The molecule has 18 heavy (non-hydrogen) atoms. The molecule has 6 heteroatoms. The molecule has 0 saturated carbocycles. The first-order valence-corrected chi connectivity index (χ1v) is 6.08. The van der Waals surface area contributed by atoms with Crippen LogP contribution in [-0.4, -0.2) is 15.6 Å². The molecule has 0 aromatic heterocycles. The molecule has 1 aromatic rings. The van der Waals surface area contributed by atoms with Crippen LogP contribution in [0.25, 0.3) is 0 Å². The Kier molecular flexibility index (Phi) is 4.61. The minimum Gasteiger partial charge on any atom is -0.358 e. The predicted octanol–water partition coefficient (Wildman–Crippen LogP) is 3.07. The first kappa shape index (κ1) is 14.4. The largest absolute Gasteiger partial charge is 0.358 e. The van der Waals surface area contributed by atoms with E-state index in [4.69, 9.17) is 12.2 Å². The summed E-state index contributed by atoms with van der Waals surface area (Å²) in [7, 11) is 0. The van der Waals surface area contributed by atoms with Crippen molar-refractivity contribution in [2.24, 2.45) is 0 Å². The van der Waals surface area contributed by atoms with Gasteiger partial charge >= 0.3 is 0 Å². The second-order valence-corrected chi connectivity index (χ2v) is 5.03. The van der Waals surface area contributed by atoms with E-state index in [2.05, 4.69) is 31.4 Å². The monoisotopic (exact) mass is 267 g/mol. The van der Waals surface area contributed by atoms with E-state index in [0.29, 0.717) is 5.11 Å². The number of non-ortho nitro benzene ring substituents is 1. The zero-order valence-corrected chi connectivity index (χ0v) is 11.5. The van der Waals surface area contributed by atoms with Gasteiger partial charge in [0.05, 0.1) is 4.92 Å². The van der Waals surface area contributed by atoms with E-state index in [1.54, 1.807) is 12.1 Å². The number of nitrogens with zero attached hydrogens (tertiary/aromatic N) is 1. The molecular weight excluding hydrogens is 250 g/mol. The van der Waals surface area contributed by atoms with E-state index in [0.717, 1.165) is 12.1 Å². The summed E-state index contributed by atoms with van der Waals surface area (Å²) in [5.74, 6) is 0. The number of nitro groups is 1. The Morgan fingerprint density at radius 1 is 1.39 bits per heavy atom. The Hall–Kier alpha value is -1.69. The van der Waals surface area contributed by atoms with Gasteiger partial charge in [-0.25, -0.2) is 0 Å². The fourth-order valence-electron chi connectivity index (χ4n) is 1.22. The quantitative estimate of drug-likeness (QED) is 0.498. The first-order valence-electron chi connectivity index (χ1n) is 5.67. The summed E-state index contributed by atoms with van der Waals surface area (Å²) in [6, 6.07) is 6.14. The van der Waals surface area contributed by atoms with Crippen LogP contribution in [0.4, 0.5) is 11.4 Å². The van der Waals surface area contributed by atoms with Gasteiger partial charge in [0, 0.05) is 23.4 Å². The molecule has 0 saturated heterocycles. The molecule has 0 fully saturated rings. The van der Waals surface area contributed by atoms with Gasteiger partial charge in [-0.05, 0) is 44.6 Å². The van der Waals surface area contributed by atoms with Crippen LogP contribution < -0.4 is 10.6 Å².